The Kier molecular flexibility index (Phi) is 7.15. The second-order valence-corrected chi connectivity index (χ2v) is 10.1. The predicted octanol–water partition coefficient (Wildman–Crippen LogP) is 4.65. The van der Waals surface area contributed by atoms with Crippen molar-refractivity contribution in [2.45, 2.75) is 51.0 Å². The van der Waals surface area contributed by atoms with Gasteiger partial charge in [-0.2, -0.15) is 0 Å². The second-order valence-electron chi connectivity index (χ2n) is 10.1. The SMILES string of the molecule is CN(C(=O)[C@@H]1CCCC[C@@H]1CNC(=O)OCC1c2ccccc2-c2ccccc21)C(C)(C)C(=O)O. The summed E-state index contributed by atoms with van der Waals surface area (Å²) in [6, 6.07) is 16.4. The van der Waals surface area contributed by atoms with Crippen molar-refractivity contribution in [2.75, 3.05) is 20.2 Å². The highest BCUT2D eigenvalue weighted by molar-refractivity contribution is 5.87. The number of carboxylic acids is 1. The van der Waals surface area contributed by atoms with Crippen LogP contribution in [0.5, 0.6) is 0 Å². The molecule has 2 atom stereocenters. The number of carboxylic acid groups (broad SMARTS) is 1. The number of rotatable bonds is 7. The molecule has 0 saturated heterocycles. The van der Waals surface area contributed by atoms with Gasteiger partial charge in [0.25, 0.3) is 0 Å². The van der Waals surface area contributed by atoms with Gasteiger partial charge < -0.3 is 20.1 Å². The minimum absolute atomic E-state index is 0.0101. The van der Waals surface area contributed by atoms with E-state index < -0.39 is 17.6 Å². The molecule has 1 saturated carbocycles. The molecule has 2 N–H and O–H groups in total. The lowest BCUT2D eigenvalue weighted by atomic mass is 9.78. The summed E-state index contributed by atoms with van der Waals surface area (Å²) < 4.78 is 5.64. The second kappa shape index (κ2) is 10.1. The van der Waals surface area contributed by atoms with Crippen molar-refractivity contribution in [3.05, 3.63) is 59.7 Å². The number of likely N-dealkylation sites (N-methyl/N-ethyl adjacent to an activating group) is 1. The number of aliphatic carboxylic acids is 1. The Morgan fingerprint density at radius 1 is 1.00 bits per heavy atom. The molecule has 0 aromatic heterocycles. The normalized spacial score (nSPS) is 19.4. The van der Waals surface area contributed by atoms with E-state index >= 15 is 0 Å². The summed E-state index contributed by atoms with van der Waals surface area (Å²) in [7, 11) is 1.54. The fourth-order valence-electron chi connectivity index (χ4n) is 5.31. The van der Waals surface area contributed by atoms with Gasteiger partial charge in [0.05, 0.1) is 0 Å². The zero-order chi connectivity index (χ0) is 25.2. The topological polar surface area (TPSA) is 95.9 Å². The Morgan fingerprint density at radius 2 is 1.57 bits per heavy atom. The van der Waals surface area contributed by atoms with Gasteiger partial charge in [-0.05, 0) is 54.9 Å². The molecule has 2 aliphatic carbocycles. The number of carbonyl (C=O) groups is 3. The van der Waals surface area contributed by atoms with Crippen LogP contribution in [-0.4, -0.2) is 53.7 Å². The first-order valence-corrected chi connectivity index (χ1v) is 12.3. The monoisotopic (exact) mass is 478 g/mol. The van der Waals surface area contributed by atoms with E-state index in [-0.39, 0.29) is 30.3 Å². The lowest BCUT2D eigenvalue weighted by Crippen LogP contribution is -2.54. The number of ether oxygens (including phenoxy) is 1. The van der Waals surface area contributed by atoms with Crippen molar-refractivity contribution < 1.29 is 24.2 Å². The van der Waals surface area contributed by atoms with Gasteiger partial charge in [-0.3, -0.25) is 4.79 Å². The van der Waals surface area contributed by atoms with Crippen LogP contribution >= 0.6 is 0 Å². The van der Waals surface area contributed by atoms with Crippen LogP contribution in [0.25, 0.3) is 11.1 Å². The molecule has 0 bridgehead atoms. The minimum atomic E-state index is -1.29. The number of fused-ring (bicyclic) bond motifs is 3. The third-order valence-electron chi connectivity index (χ3n) is 7.77. The van der Waals surface area contributed by atoms with Gasteiger partial charge in [-0.25, -0.2) is 9.59 Å². The van der Waals surface area contributed by atoms with Crippen LogP contribution in [0.1, 0.15) is 56.6 Å². The number of alkyl carbamates (subject to hydrolysis) is 1. The Hall–Kier alpha value is -3.35. The van der Waals surface area contributed by atoms with E-state index in [1.54, 1.807) is 7.05 Å². The molecule has 0 heterocycles. The zero-order valence-corrected chi connectivity index (χ0v) is 20.6. The highest BCUT2D eigenvalue weighted by Crippen LogP contribution is 2.44. The Bertz CT molecular complexity index is 1070. The maximum Gasteiger partial charge on any atom is 0.407 e. The minimum Gasteiger partial charge on any atom is -0.480 e. The number of nitrogens with one attached hydrogen (secondary N) is 1. The third-order valence-corrected chi connectivity index (χ3v) is 7.77. The maximum atomic E-state index is 13.2. The summed E-state index contributed by atoms with van der Waals surface area (Å²) in [6.45, 7) is 3.62. The van der Waals surface area contributed by atoms with E-state index in [2.05, 4.69) is 29.6 Å². The van der Waals surface area contributed by atoms with Crippen molar-refractivity contribution in [3.8, 4) is 11.1 Å². The van der Waals surface area contributed by atoms with E-state index in [0.717, 1.165) is 30.4 Å². The number of carbonyl (C=O) groups excluding carboxylic acids is 2. The standard InChI is InChI=1S/C28H34N2O5/c1-28(2,26(32)33)30(3)25(31)19-11-5-4-10-18(19)16-29-27(34)35-17-24-22-14-8-6-12-20(22)21-13-7-9-15-23(21)24/h6-9,12-15,18-19,24H,4-5,10-11,16-17H2,1-3H3,(H,29,34)(H,32,33)/t18-,19-/m1/s1. The molecule has 4 rings (SSSR count). The van der Waals surface area contributed by atoms with Crippen LogP contribution in [0, 0.1) is 11.8 Å². The predicted molar refractivity (Wildman–Crippen MR) is 133 cm³/mol. The fraction of sp³-hybridized carbons (Fsp3) is 0.464. The smallest absolute Gasteiger partial charge is 0.407 e. The van der Waals surface area contributed by atoms with Crippen molar-refractivity contribution >= 4 is 18.0 Å². The zero-order valence-electron chi connectivity index (χ0n) is 20.6. The molecule has 1 fully saturated rings. The lowest BCUT2D eigenvalue weighted by Gasteiger charge is -2.38. The molecule has 0 unspecified atom stereocenters. The van der Waals surface area contributed by atoms with Crippen LogP contribution in [0.4, 0.5) is 4.79 Å². The Balaban J connectivity index is 1.36. The molecule has 2 aromatic carbocycles. The lowest BCUT2D eigenvalue weighted by molar-refractivity contribution is -0.158. The quantitative estimate of drug-likeness (QED) is 0.604. The molecule has 35 heavy (non-hydrogen) atoms. The Morgan fingerprint density at radius 3 is 2.17 bits per heavy atom. The molecule has 0 radical (unpaired) electrons. The summed E-state index contributed by atoms with van der Waals surface area (Å²) >= 11 is 0. The summed E-state index contributed by atoms with van der Waals surface area (Å²) in [5, 5.41) is 12.4. The van der Waals surface area contributed by atoms with Gasteiger partial charge in [-0.15, -0.1) is 0 Å². The Labute approximate surface area is 206 Å². The average Bonchev–Trinajstić information content (AvgIpc) is 3.19. The van der Waals surface area contributed by atoms with Crippen LogP contribution in [0.15, 0.2) is 48.5 Å². The summed E-state index contributed by atoms with van der Waals surface area (Å²) in [5.41, 5.74) is 3.37. The number of nitrogens with zero attached hydrogens (tertiary/aromatic N) is 1. The first-order chi connectivity index (χ1) is 16.7. The van der Waals surface area contributed by atoms with Gasteiger partial charge in [-0.1, -0.05) is 61.4 Å². The van der Waals surface area contributed by atoms with Crippen molar-refractivity contribution in [2.24, 2.45) is 11.8 Å². The van der Waals surface area contributed by atoms with Crippen LogP contribution < -0.4 is 5.32 Å². The molecule has 7 nitrogen and oxygen atoms in total. The van der Waals surface area contributed by atoms with Gasteiger partial charge >= 0.3 is 12.1 Å². The van der Waals surface area contributed by atoms with Crippen LogP contribution in [0.3, 0.4) is 0 Å². The molecule has 2 aliphatic rings. The molecular formula is C28H34N2O5. The summed E-state index contributed by atoms with van der Waals surface area (Å²) in [5.74, 6) is -1.61. The summed E-state index contributed by atoms with van der Waals surface area (Å²) in [6.07, 6.45) is 2.89. The molecule has 2 aromatic rings. The molecule has 0 aliphatic heterocycles. The number of amides is 2. The van der Waals surface area contributed by atoms with Crippen LogP contribution in [0.2, 0.25) is 0 Å². The van der Waals surface area contributed by atoms with E-state index in [4.69, 9.17) is 4.74 Å². The molecule has 0 spiro atoms. The number of hydrogen-bond acceptors (Lipinski definition) is 4. The average molecular weight is 479 g/mol. The van der Waals surface area contributed by atoms with E-state index in [1.165, 1.54) is 29.9 Å². The molecule has 186 valence electrons. The largest absolute Gasteiger partial charge is 0.480 e. The van der Waals surface area contributed by atoms with Gasteiger partial charge in [0.15, 0.2) is 0 Å². The van der Waals surface area contributed by atoms with Gasteiger partial charge in [0, 0.05) is 25.4 Å². The van der Waals surface area contributed by atoms with Gasteiger partial charge in [0.1, 0.15) is 12.1 Å². The van der Waals surface area contributed by atoms with Crippen molar-refractivity contribution in [1.82, 2.24) is 10.2 Å². The fourth-order valence-corrected chi connectivity index (χ4v) is 5.31. The van der Waals surface area contributed by atoms with Crippen molar-refractivity contribution in [1.29, 1.82) is 0 Å². The van der Waals surface area contributed by atoms with E-state index in [0.29, 0.717) is 13.0 Å². The first kappa shape index (κ1) is 24.8. The first-order valence-electron chi connectivity index (χ1n) is 12.3. The highest BCUT2D eigenvalue weighted by Gasteiger charge is 2.41. The summed E-state index contributed by atoms with van der Waals surface area (Å²) in [4.78, 5) is 38.7. The molecular weight excluding hydrogens is 444 g/mol. The third kappa shape index (κ3) is 4.90. The number of hydrogen-bond donors (Lipinski definition) is 2. The van der Waals surface area contributed by atoms with Crippen LogP contribution in [-0.2, 0) is 14.3 Å². The van der Waals surface area contributed by atoms with Crippen molar-refractivity contribution in [3.63, 3.8) is 0 Å². The van der Waals surface area contributed by atoms with E-state index in [9.17, 15) is 19.5 Å². The highest BCUT2D eigenvalue weighted by atomic mass is 16.5. The van der Waals surface area contributed by atoms with E-state index in [1.807, 2.05) is 24.3 Å². The molecule has 2 amide bonds. The maximum absolute atomic E-state index is 13.2. The number of benzene rings is 2. The molecule has 7 heteroatoms. The van der Waals surface area contributed by atoms with Gasteiger partial charge in [0.2, 0.25) is 5.91 Å².